The number of azide groups is 1. The molecule has 1 rings (SSSR count). The molecule has 0 aliphatic heterocycles. The number of rotatable bonds is 5. The second kappa shape index (κ2) is 5.86. The van der Waals surface area contributed by atoms with Gasteiger partial charge in [-0.3, -0.25) is 4.79 Å². The largest absolute Gasteiger partial charge is 0.390 e. The molecule has 2 unspecified atom stereocenters. The van der Waals surface area contributed by atoms with Crippen molar-refractivity contribution in [3.05, 3.63) is 45.8 Å². The number of aliphatic hydroxyl groups excluding tert-OH is 2. The molecule has 0 bridgehead atoms. The summed E-state index contributed by atoms with van der Waals surface area (Å²) in [6.07, 6.45) is -2.46. The molecule has 0 saturated carbocycles. The first-order valence-corrected chi connectivity index (χ1v) is 4.83. The minimum Gasteiger partial charge on any atom is -0.390 e. The number of benzene rings is 1. The molecule has 7 heteroatoms. The first-order chi connectivity index (χ1) is 8.06. The topological polar surface area (TPSA) is 132 Å². The van der Waals surface area contributed by atoms with Crippen LogP contribution in [0.5, 0.6) is 0 Å². The quantitative estimate of drug-likeness (QED) is 0.390. The summed E-state index contributed by atoms with van der Waals surface area (Å²) in [5.74, 6) is -0.622. The number of carbonyl (C=O) groups excluding carboxylic acids is 1. The van der Waals surface area contributed by atoms with E-state index >= 15 is 0 Å². The van der Waals surface area contributed by atoms with Gasteiger partial charge in [0.1, 0.15) is 6.10 Å². The van der Waals surface area contributed by atoms with Crippen LogP contribution in [0.3, 0.4) is 0 Å². The highest BCUT2D eigenvalue weighted by Gasteiger charge is 2.18. The van der Waals surface area contributed by atoms with Crippen LogP contribution in [0, 0.1) is 0 Å². The van der Waals surface area contributed by atoms with Crippen molar-refractivity contribution in [2.45, 2.75) is 12.2 Å². The molecule has 0 aliphatic carbocycles. The number of nitrogens with two attached hydrogens (primary N) is 1. The molecule has 0 saturated heterocycles. The Morgan fingerprint density at radius 3 is 2.82 bits per heavy atom. The van der Waals surface area contributed by atoms with Gasteiger partial charge in [-0.2, -0.15) is 0 Å². The molecule has 7 nitrogen and oxygen atoms in total. The monoisotopic (exact) mass is 236 g/mol. The first kappa shape index (κ1) is 13.0. The summed E-state index contributed by atoms with van der Waals surface area (Å²) in [4.78, 5) is 13.4. The Balaban J connectivity index is 2.87. The van der Waals surface area contributed by atoms with E-state index in [0.717, 1.165) is 0 Å². The van der Waals surface area contributed by atoms with E-state index in [4.69, 9.17) is 11.3 Å². The van der Waals surface area contributed by atoms with Crippen molar-refractivity contribution < 1.29 is 15.0 Å². The molecule has 0 aromatic heterocycles. The summed E-state index contributed by atoms with van der Waals surface area (Å²) in [6, 6.07) is 5.96. The minimum absolute atomic E-state index is 0.234. The van der Waals surface area contributed by atoms with Crippen molar-refractivity contribution in [3.8, 4) is 0 Å². The standard InChI is InChI=1S/C10H12N4O3/c11-10(17)7-3-1-2-6(4-7)9(16)8(15)5-13-14-12/h1-4,8-9,15-16H,5H2,(H2,11,17). The summed E-state index contributed by atoms with van der Waals surface area (Å²) in [5, 5.41) is 22.4. The van der Waals surface area contributed by atoms with E-state index in [0.29, 0.717) is 5.56 Å². The van der Waals surface area contributed by atoms with Gasteiger partial charge in [0.15, 0.2) is 0 Å². The lowest BCUT2D eigenvalue weighted by Crippen LogP contribution is -2.21. The van der Waals surface area contributed by atoms with Crippen LogP contribution in [0.15, 0.2) is 29.4 Å². The first-order valence-electron chi connectivity index (χ1n) is 4.83. The van der Waals surface area contributed by atoms with Gasteiger partial charge in [0.05, 0.1) is 12.6 Å². The van der Waals surface area contributed by atoms with Crippen molar-refractivity contribution in [3.63, 3.8) is 0 Å². The Hall–Kier alpha value is -2.08. The molecule has 0 heterocycles. The molecule has 1 aromatic rings. The van der Waals surface area contributed by atoms with Gasteiger partial charge in [-0.25, -0.2) is 0 Å². The van der Waals surface area contributed by atoms with E-state index in [-0.39, 0.29) is 12.1 Å². The Bertz CT molecular complexity index is 457. The number of primary amides is 1. The molecule has 0 fully saturated rings. The lowest BCUT2D eigenvalue weighted by Gasteiger charge is -2.16. The highest BCUT2D eigenvalue weighted by Crippen LogP contribution is 2.18. The van der Waals surface area contributed by atoms with E-state index in [1.54, 1.807) is 6.07 Å². The van der Waals surface area contributed by atoms with Crippen LogP contribution >= 0.6 is 0 Å². The molecule has 0 radical (unpaired) electrons. The molecule has 90 valence electrons. The van der Waals surface area contributed by atoms with Crippen molar-refractivity contribution in [1.29, 1.82) is 0 Å². The SMILES string of the molecule is [N-]=[N+]=NCC(O)C(O)c1cccc(C(N)=O)c1. The van der Waals surface area contributed by atoms with Crippen LogP contribution < -0.4 is 5.73 Å². The third-order valence-electron chi connectivity index (χ3n) is 2.21. The van der Waals surface area contributed by atoms with Gasteiger partial charge in [0, 0.05) is 10.5 Å². The average Bonchev–Trinajstić information content (AvgIpc) is 2.35. The third kappa shape index (κ3) is 3.46. The van der Waals surface area contributed by atoms with Gasteiger partial charge in [-0.1, -0.05) is 17.2 Å². The Kier molecular flexibility index (Phi) is 4.47. The number of aliphatic hydroxyl groups is 2. The van der Waals surface area contributed by atoms with Crippen molar-refractivity contribution in [1.82, 2.24) is 0 Å². The second-order valence-electron chi connectivity index (χ2n) is 3.42. The van der Waals surface area contributed by atoms with E-state index < -0.39 is 18.1 Å². The summed E-state index contributed by atoms with van der Waals surface area (Å²) in [6.45, 7) is -0.252. The summed E-state index contributed by atoms with van der Waals surface area (Å²) < 4.78 is 0. The number of amides is 1. The average molecular weight is 236 g/mol. The van der Waals surface area contributed by atoms with Gasteiger partial charge in [-0.05, 0) is 23.2 Å². The fourth-order valence-corrected chi connectivity index (χ4v) is 1.32. The molecule has 2 atom stereocenters. The van der Waals surface area contributed by atoms with Gasteiger partial charge in [-0.15, -0.1) is 0 Å². The molecular formula is C10H12N4O3. The third-order valence-corrected chi connectivity index (χ3v) is 2.21. The zero-order valence-electron chi connectivity index (χ0n) is 8.89. The predicted octanol–water partition coefficient (Wildman–Crippen LogP) is 0.490. The van der Waals surface area contributed by atoms with E-state index in [2.05, 4.69) is 10.0 Å². The van der Waals surface area contributed by atoms with Crippen molar-refractivity contribution >= 4 is 5.91 Å². The highest BCUT2D eigenvalue weighted by molar-refractivity contribution is 5.92. The number of nitrogens with zero attached hydrogens (tertiary/aromatic N) is 3. The minimum atomic E-state index is -1.24. The van der Waals surface area contributed by atoms with E-state index in [9.17, 15) is 15.0 Å². The van der Waals surface area contributed by atoms with Crippen molar-refractivity contribution in [2.75, 3.05) is 6.54 Å². The fourth-order valence-electron chi connectivity index (χ4n) is 1.32. The summed E-state index contributed by atoms with van der Waals surface area (Å²) in [7, 11) is 0. The van der Waals surface area contributed by atoms with Crippen LogP contribution in [0.2, 0.25) is 0 Å². The Labute approximate surface area is 97.1 Å². The number of carbonyl (C=O) groups is 1. The van der Waals surface area contributed by atoms with Crippen LogP contribution in [0.1, 0.15) is 22.0 Å². The number of hydrogen-bond donors (Lipinski definition) is 3. The smallest absolute Gasteiger partial charge is 0.248 e. The Morgan fingerprint density at radius 1 is 1.53 bits per heavy atom. The van der Waals surface area contributed by atoms with Crippen molar-refractivity contribution in [2.24, 2.45) is 10.8 Å². The van der Waals surface area contributed by atoms with E-state index in [1.807, 2.05) is 0 Å². The maximum atomic E-state index is 10.9. The summed E-state index contributed by atoms with van der Waals surface area (Å²) in [5.41, 5.74) is 13.7. The highest BCUT2D eigenvalue weighted by atomic mass is 16.3. The van der Waals surface area contributed by atoms with Gasteiger partial charge in [0.2, 0.25) is 5.91 Å². The molecular weight excluding hydrogens is 224 g/mol. The van der Waals surface area contributed by atoms with Crippen LogP contribution in [0.25, 0.3) is 10.4 Å². The van der Waals surface area contributed by atoms with Crippen LogP contribution in [0.4, 0.5) is 0 Å². The fraction of sp³-hybridized carbons (Fsp3) is 0.300. The van der Waals surface area contributed by atoms with Crippen LogP contribution in [-0.4, -0.2) is 28.8 Å². The molecule has 4 N–H and O–H groups in total. The molecule has 0 aliphatic rings. The maximum Gasteiger partial charge on any atom is 0.248 e. The second-order valence-corrected chi connectivity index (χ2v) is 3.42. The molecule has 1 aromatic carbocycles. The lowest BCUT2D eigenvalue weighted by molar-refractivity contribution is 0.0244. The van der Waals surface area contributed by atoms with E-state index in [1.165, 1.54) is 18.2 Å². The normalized spacial score (nSPS) is 13.5. The predicted molar refractivity (Wildman–Crippen MR) is 59.9 cm³/mol. The van der Waals surface area contributed by atoms with Gasteiger partial charge >= 0.3 is 0 Å². The Morgan fingerprint density at radius 2 is 2.24 bits per heavy atom. The zero-order chi connectivity index (χ0) is 12.8. The molecule has 0 spiro atoms. The zero-order valence-corrected chi connectivity index (χ0v) is 8.89. The van der Waals surface area contributed by atoms with Crippen LogP contribution in [-0.2, 0) is 0 Å². The number of hydrogen-bond acceptors (Lipinski definition) is 4. The summed E-state index contributed by atoms with van der Waals surface area (Å²) >= 11 is 0. The maximum absolute atomic E-state index is 10.9. The molecule has 17 heavy (non-hydrogen) atoms. The van der Waals surface area contributed by atoms with Gasteiger partial charge < -0.3 is 15.9 Å². The molecule has 1 amide bonds. The lowest BCUT2D eigenvalue weighted by atomic mass is 10.0. The van der Waals surface area contributed by atoms with Gasteiger partial charge in [0.25, 0.3) is 0 Å².